The topological polar surface area (TPSA) is 16.1 Å². The van der Waals surface area contributed by atoms with E-state index in [2.05, 4.69) is 20.9 Å². The van der Waals surface area contributed by atoms with E-state index >= 15 is 0 Å². The molecule has 0 fully saturated rings. The van der Waals surface area contributed by atoms with Crippen LogP contribution in [0, 0.1) is 6.92 Å². The molecule has 0 aromatic carbocycles. The van der Waals surface area contributed by atoms with Gasteiger partial charge in [0.15, 0.2) is 0 Å². The molecular formula is C12H16BrF3N2. The second-order valence-corrected chi connectivity index (χ2v) is 5.21. The highest BCUT2D eigenvalue weighted by molar-refractivity contribution is 9.09. The highest BCUT2D eigenvalue weighted by atomic mass is 79.9. The van der Waals surface area contributed by atoms with Crippen molar-refractivity contribution in [1.82, 2.24) is 9.88 Å². The van der Waals surface area contributed by atoms with Gasteiger partial charge in [0.1, 0.15) is 4.83 Å². The fourth-order valence-corrected chi connectivity index (χ4v) is 1.96. The van der Waals surface area contributed by atoms with Gasteiger partial charge in [-0.3, -0.25) is 9.88 Å². The van der Waals surface area contributed by atoms with Crippen LogP contribution in [0.25, 0.3) is 0 Å². The molecule has 0 bridgehead atoms. The van der Waals surface area contributed by atoms with Crippen LogP contribution in [-0.4, -0.2) is 34.0 Å². The molecule has 0 radical (unpaired) electrons. The van der Waals surface area contributed by atoms with Crippen molar-refractivity contribution in [2.24, 2.45) is 0 Å². The van der Waals surface area contributed by atoms with Gasteiger partial charge in [-0.05, 0) is 25.6 Å². The van der Waals surface area contributed by atoms with Crippen molar-refractivity contribution in [1.29, 1.82) is 0 Å². The van der Waals surface area contributed by atoms with Crippen molar-refractivity contribution in [3.8, 4) is 0 Å². The molecule has 102 valence electrons. The van der Waals surface area contributed by atoms with E-state index in [0.717, 1.165) is 11.4 Å². The van der Waals surface area contributed by atoms with E-state index in [0.29, 0.717) is 13.1 Å². The summed E-state index contributed by atoms with van der Waals surface area (Å²) in [7, 11) is 0. The van der Waals surface area contributed by atoms with E-state index < -0.39 is 11.0 Å². The van der Waals surface area contributed by atoms with Crippen LogP contribution in [0.15, 0.2) is 18.2 Å². The van der Waals surface area contributed by atoms with Crippen molar-refractivity contribution in [2.75, 3.05) is 13.1 Å². The minimum atomic E-state index is -4.21. The third kappa shape index (κ3) is 4.94. The minimum Gasteiger partial charge on any atom is -0.296 e. The average Bonchev–Trinajstić information content (AvgIpc) is 2.26. The molecule has 18 heavy (non-hydrogen) atoms. The molecule has 1 heterocycles. The number of alkyl halides is 4. The Labute approximate surface area is 113 Å². The van der Waals surface area contributed by atoms with E-state index in [1.165, 1.54) is 0 Å². The first-order chi connectivity index (χ1) is 8.32. The maximum absolute atomic E-state index is 12.5. The molecule has 1 aromatic heterocycles. The summed E-state index contributed by atoms with van der Waals surface area (Å²) >= 11 is 2.68. The maximum Gasteiger partial charge on any atom is 0.402 e. The summed E-state index contributed by atoms with van der Waals surface area (Å²) in [5, 5.41) is 0. The number of aryl methyl sites for hydroxylation is 1. The zero-order valence-electron chi connectivity index (χ0n) is 10.3. The van der Waals surface area contributed by atoms with Crippen LogP contribution >= 0.6 is 15.9 Å². The van der Waals surface area contributed by atoms with Gasteiger partial charge in [-0.15, -0.1) is 0 Å². The number of hydrogen-bond acceptors (Lipinski definition) is 2. The normalized spacial score (nSPS) is 13.9. The average molecular weight is 325 g/mol. The summed E-state index contributed by atoms with van der Waals surface area (Å²) in [5.74, 6) is 0. The van der Waals surface area contributed by atoms with Gasteiger partial charge in [0.25, 0.3) is 0 Å². The summed E-state index contributed by atoms with van der Waals surface area (Å²) < 4.78 is 37.4. The summed E-state index contributed by atoms with van der Waals surface area (Å²) in [5.41, 5.74) is 1.66. The highest BCUT2D eigenvalue weighted by Gasteiger charge is 2.38. The van der Waals surface area contributed by atoms with Crippen LogP contribution < -0.4 is 0 Å². The predicted octanol–water partition coefficient (Wildman–Crippen LogP) is 3.54. The van der Waals surface area contributed by atoms with Gasteiger partial charge in [0.2, 0.25) is 0 Å². The fourth-order valence-electron chi connectivity index (χ4n) is 1.55. The Hall–Kier alpha value is -0.620. The lowest BCUT2D eigenvalue weighted by molar-refractivity contribution is -0.130. The summed E-state index contributed by atoms with van der Waals surface area (Å²) in [6.45, 7) is 4.61. The van der Waals surface area contributed by atoms with Crippen LogP contribution in [0.4, 0.5) is 13.2 Å². The Morgan fingerprint density at radius 2 is 2.06 bits per heavy atom. The molecule has 1 aromatic rings. The van der Waals surface area contributed by atoms with Crippen molar-refractivity contribution in [3.05, 3.63) is 29.6 Å². The first-order valence-electron chi connectivity index (χ1n) is 5.68. The third-order valence-electron chi connectivity index (χ3n) is 2.55. The van der Waals surface area contributed by atoms with E-state index in [1.807, 2.05) is 32.0 Å². The maximum atomic E-state index is 12.5. The fraction of sp³-hybridized carbons (Fsp3) is 0.583. The molecule has 0 saturated carbocycles. The van der Waals surface area contributed by atoms with Gasteiger partial charge in [0, 0.05) is 18.8 Å². The lowest BCUT2D eigenvalue weighted by Crippen LogP contribution is -2.37. The number of halogens is 4. The van der Waals surface area contributed by atoms with Gasteiger partial charge in [-0.25, -0.2) is 0 Å². The zero-order chi connectivity index (χ0) is 13.8. The number of nitrogens with zero attached hydrogens (tertiary/aromatic N) is 2. The zero-order valence-corrected chi connectivity index (χ0v) is 11.9. The number of hydrogen-bond donors (Lipinski definition) is 0. The van der Waals surface area contributed by atoms with Gasteiger partial charge >= 0.3 is 6.18 Å². The summed E-state index contributed by atoms with van der Waals surface area (Å²) in [6.07, 6.45) is -4.21. The molecule has 0 saturated heterocycles. The molecule has 1 unspecified atom stereocenters. The van der Waals surface area contributed by atoms with E-state index in [4.69, 9.17) is 0 Å². The van der Waals surface area contributed by atoms with Crippen molar-refractivity contribution >= 4 is 15.9 Å². The number of rotatable bonds is 5. The molecule has 0 aliphatic rings. The third-order valence-corrected chi connectivity index (χ3v) is 3.36. The smallest absolute Gasteiger partial charge is 0.296 e. The van der Waals surface area contributed by atoms with Crippen LogP contribution in [0.1, 0.15) is 18.3 Å². The minimum absolute atomic E-state index is 0.0738. The molecule has 0 amide bonds. The van der Waals surface area contributed by atoms with E-state index in [9.17, 15) is 13.2 Å². The van der Waals surface area contributed by atoms with E-state index in [-0.39, 0.29) is 6.54 Å². The Kier molecular flexibility index (Phi) is 5.59. The van der Waals surface area contributed by atoms with Crippen LogP contribution in [-0.2, 0) is 6.54 Å². The molecule has 0 aliphatic heterocycles. The summed E-state index contributed by atoms with van der Waals surface area (Å²) in [6, 6.07) is 5.55. The molecule has 0 aliphatic carbocycles. The second kappa shape index (κ2) is 6.52. The Morgan fingerprint density at radius 1 is 1.39 bits per heavy atom. The molecule has 0 N–H and O–H groups in total. The largest absolute Gasteiger partial charge is 0.402 e. The van der Waals surface area contributed by atoms with Crippen LogP contribution in [0.3, 0.4) is 0 Å². The molecule has 0 spiro atoms. The van der Waals surface area contributed by atoms with Crippen molar-refractivity contribution < 1.29 is 13.2 Å². The van der Waals surface area contributed by atoms with Gasteiger partial charge < -0.3 is 0 Å². The second-order valence-electron chi connectivity index (χ2n) is 4.11. The summed E-state index contributed by atoms with van der Waals surface area (Å²) in [4.78, 5) is 4.50. The van der Waals surface area contributed by atoms with Crippen LogP contribution in [0.2, 0.25) is 0 Å². The van der Waals surface area contributed by atoms with E-state index in [1.54, 1.807) is 4.90 Å². The highest BCUT2D eigenvalue weighted by Crippen LogP contribution is 2.27. The van der Waals surface area contributed by atoms with Crippen molar-refractivity contribution in [2.45, 2.75) is 31.4 Å². The molecular weight excluding hydrogens is 309 g/mol. The monoisotopic (exact) mass is 324 g/mol. The Morgan fingerprint density at radius 3 is 2.56 bits per heavy atom. The first kappa shape index (κ1) is 15.4. The number of pyridine rings is 1. The standard InChI is InChI=1S/C12H16BrF3N2/c1-3-18(8-11(13)12(14,15)16)7-10-6-4-5-9(2)17-10/h4-6,11H,3,7-8H2,1-2H3. The lowest BCUT2D eigenvalue weighted by Gasteiger charge is -2.24. The SMILES string of the molecule is CCN(Cc1cccc(C)n1)CC(Br)C(F)(F)F. The molecule has 2 nitrogen and oxygen atoms in total. The van der Waals surface area contributed by atoms with Gasteiger partial charge in [-0.1, -0.05) is 28.9 Å². The molecule has 1 rings (SSSR count). The first-order valence-corrected chi connectivity index (χ1v) is 6.60. The lowest BCUT2D eigenvalue weighted by atomic mass is 10.3. The predicted molar refractivity (Wildman–Crippen MR) is 68.7 cm³/mol. The molecule has 6 heteroatoms. The van der Waals surface area contributed by atoms with Gasteiger partial charge in [-0.2, -0.15) is 13.2 Å². The van der Waals surface area contributed by atoms with Crippen molar-refractivity contribution in [3.63, 3.8) is 0 Å². The molecule has 1 atom stereocenters. The van der Waals surface area contributed by atoms with Crippen LogP contribution in [0.5, 0.6) is 0 Å². The Balaban J connectivity index is 2.63. The number of aromatic nitrogens is 1. The van der Waals surface area contributed by atoms with Gasteiger partial charge in [0.05, 0.1) is 5.69 Å². The Bertz CT molecular complexity index is 382. The quantitative estimate of drug-likeness (QED) is 0.770.